The number of ether oxygens (including phenoxy) is 1. The standard InChI is InChI=1S/C24H22N2O4S/c1-16-18(23(28)26-21-13-7-6-11-19(21)24(29)30-2)12-8-14-20(16)25-22(27)15-31-17-9-4-3-5-10-17/h3-14H,15H2,1-2H3,(H,25,27)(H,26,28). The monoisotopic (exact) mass is 434 g/mol. The third-order valence-electron chi connectivity index (χ3n) is 4.55. The first-order valence-electron chi connectivity index (χ1n) is 9.55. The first kappa shape index (κ1) is 22.1. The number of thioether (sulfide) groups is 1. The van der Waals surface area contributed by atoms with E-state index in [1.807, 2.05) is 30.3 Å². The third kappa shape index (κ3) is 5.73. The van der Waals surface area contributed by atoms with Crippen molar-refractivity contribution in [1.29, 1.82) is 0 Å². The Morgan fingerprint density at radius 2 is 1.45 bits per heavy atom. The van der Waals surface area contributed by atoms with Crippen LogP contribution in [0.1, 0.15) is 26.3 Å². The van der Waals surface area contributed by atoms with E-state index in [0.717, 1.165) is 4.90 Å². The molecule has 0 aliphatic carbocycles. The van der Waals surface area contributed by atoms with Gasteiger partial charge in [0.2, 0.25) is 5.91 Å². The molecule has 0 aliphatic rings. The van der Waals surface area contributed by atoms with E-state index in [9.17, 15) is 14.4 Å². The van der Waals surface area contributed by atoms with Gasteiger partial charge in [0.05, 0.1) is 24.1 Å². The molecule has 0 atom stereocenters. The number of amides is 2. The number of methoxy groups -OCH3 is 1. The van der Waals surface area contributed by atoms with Gasteiger partial charge in [-0.1, -0.05) is 36.4 Å². The molecule has 2 amide bonds. The molecule has 158 valence electrons. The van der Waals surface area contributed by atoms with Crippen LogP contribution in [0.5, 0.6) is 0 Å². The van der Waals surface area contributed by atoms with Gasteiger partial charge in [0.25, 0.3) is 5.91 Å². The van der Waals surface area contributed by atoms with Crippen LogP contribution in [-0.4, -0.2) is 30.6 Å². The summed E-state index contributed by atoms with van der Waals surface area (Å²) in [7, 11) is 1.29. The fraction of sp³-hybridized carbons (Fsp3) is 0.125. The molecule has 3 rings (SSSR count). The van der Waals surface area contributed by atoms with E-state index in [4.69, 9.17) is 4.74 Å². The summed E-state index contributed by atoms with van der Waals surface area (Å²) in [6, 6.07) is 21.4. The number of rotatable bonds is 7. The van der Waals surface area contributed by atoms with Crippen molar-refractivity contribution in [2.75, 3.05) is 23.5 Å². The minimum Gasteiger partial charge on any atom is -0.465 e. The maximum Gasteiger partial charge on any atom is 0.339 e. The molecule has 0 aromatic heterocycles. The lowest BCUT2D eigenvalue weighted by Crippen LogP contribution is -2.19. The Kier molecular flexibility index (Phi) is 7.45. The Morgan fingerprint density at radius 3 is 2.19 bits per heavy atom. The molecule has 0 saturated heterocycles. The maximum absolute atomic E-state index is 12.9. The van der Waals surface area contributed by atoms with Crippen LogP contribution in [0.15, 0.2) is 77.7 Å². The highest BCUT2D eigenvalue weighted by Gasteiger charge is 2.17. The van der Waals surface area contributed by atoms with Crippen molar-refractivity contribution >= 4 is 40.9 Å². The fourth-order valence-corrected chi connectivity index (χ4v) is 3.66. The highest BCUT2D eigenvalue weighted by Crippen LogP contribution is 2.23. The summed E-state index contributed by atoms with van der Waals surface area (Å²) in [5, 5.41) is 5.62. The number of benzene rings is 3. The normalized spacial score (nSPS) is 10.3. The predicted octanol–water partition coefficient (Wildman–Crippen LogP) is 4.76. The SMILES string of the molecule is COC(=O)c1ccccc1NC(=O)c1cccc(NC(=O)CSc2ccccc2)c1C. The van der Waals surface area contributed by atoms with Crippen LogP contribution in [0.3, 0.4) is 0 Å². The summed E-state index contributed by atoms with van der Waals surface area (Å²) in [4.78, 5) is 38.2. The van der Waals surface area contributed by atoms with Gasteiger partial charge in [-0.25, -0.2) is 4.79 Å². The average molecular weight is 435 g/mol. The molecule has 0 heterocycles. The van der Waals surface area contributed by atoms with Crippen molar-refractivity contribution in [1.82, 2.24) is 0 Å². The lowest BCUT2D eigenvalue weighted by atomic mass is 10.1. The zero-order valence-electron chi connectivity index (χ0n) is 17.2. The van der Waals surface area contributed by atoms with Gasteiger partial charge >= 0.3 is 5.97 Å². The molecule has 31 heavy (non-hydrogen) atoms. The second kappa shape index (κ2) is 10.4. The van der Waals surface area contributed by atoms with Gasteiger partial charge in [-0.2, -0.15) is 0 Å². The Hall–Kier alpha value is -3.58. The van der Waals surface area contributed by atoms with Crippen LogP contribution < -0.4 is 10.6 Å². The van der Waals surface area contributed by atoms with Crippen LogP contribution >= 0.6 is 11.8 Å². The Balaban J connectivity index is 1.71. The molecule has 3 aromatic carbocycles. The van der Waals surface area contributed by atoms with Crippen molar-refractivity contribution in [3.8, 4) is 0 Å². The van der Waals surface area contributed by atoms with E-state index in [2.05, 4.69) is 10.6 Å². The molecule has 0 fully saturated rings. The highest BCUT2D eigenvalue weighted by molar-refractivity contribution is 8.00. The summed E-state index contributed by atoms with van der Waals surface area (Å²) in [5.41, 5.74) is 2.21. The van der Waals surface area contributed by atoms with Gasteiger partial charge in [0.15, 0.2) is 0 Å². The molecule has 0 spiro atoms. The summed E-state index contributed by atoms with van der Waals surface area (Å²) < 4.78 is 4.77. The van der Waals surface area contributed by atoms with Crippen molar-refractivity contribution < 1.29 is 19.1 Å². The second-order valence-electron chi connectivity index (χ2n) is 6.62. The van der Waals surface area contributed by atoms with Crippen LogP contribution in [-0.2, 0) is 9.53 Å². The number of hydrogen-bond donors (Lipinski definition) is 2. The minimum atomic E-state index is -0.537. The number of nitrogens with one attached hydrogen (secondary N) is 2. The van der Waals surface area contributed by atoms with Crippen LogP contribution in [0, 0.1) is 6.92 Å². The molecule has 0 radical (unpaired) electrons. The summed E-state index contributed by atoms with van der Waals surface area (Å²) in [6.45, 7) is 1.76. The third-order valence-corrected chi connectivity index (χ3v) is 5.56. The summed E-state index contributed by atoms with van der Waals surface area (Å²) >= 11 is 1.44. The highest BCUT2D eigenvalue weighted by atomic mass is 32.2. The minimum absolute atomic E-state index is 0.162. The zero-order chi connectivity index (χ0) is 22.2. The van der Waals surface area contributed by atoms with E-state index in [0.29, 0.717) is 22.5 Å². The van der Waals surface area contributed by atoms with Gasteiger partial charge in [-0.05, 0) is 48.9 Å². The largest absolute Gasteiger partial charge is 0.465 e. The Labute approximate surface area is 185 Å². The number of para-hydroxylation sites is 1. The lowest BCUT2D eigenvalue weighted by molar-refractivity contribution is -0.113. The van der Waals surface area contributed by atoms with Crippen LogP contribution in [0.4, 0.5) is 11.4 Å². The molecule has 7 heteroatoms. The predicted molar refractivity (Wildman–Crippen MR) is 123 cm³/mol. The van der Waals surface area contributed by atoms with Crippen molar-refractivity contribution in [2.24, 2.45) is 0 Å². The quantitative estimate of drug-likeness (QED) is 0.414. The average Bonchev–Trinajstić information content (AvgIpc) is 2.79. The maximum atomic E-state index is 12.9. The van der Waals surface area contributed by atoms with E-state index < -0.39 is 5.97 Å². The van der Waals surface area contributed by atoms with Gasteiger partial charge in [0.1, 0.15) is 0 Å². The topological polar surface area (TPSA) is 84.5 Å². The molecule has 3 aromatic rings. The molecule has 0 aliphatic heterocycles. The first-order valence-corrected chi connectivity index (χ1v) is 10.5. The summed E-state index contributed by atoms with van der Waals surface area (Å²) in [6.07, 6.45) is 0. The number of carbonyl (C=O) groups excluding carboxylic acids is 3. The van der Waals surface area contributed by atoms with E-state index in [1.165, 1.54) is 18.9 Å². The van der Waals surface area contributed by atoms with Crippen LogP contribution in [0.25, 0.3) is 0 Å². The number of anilines is 2. The van der Waals surface area contributed by atoms with E-state index >= 15 is 0 Å². The second-order valence-corrected chi connectivity index (χ2v) is 7.67. The van der Waals surface area contributed by atoms with Crippen LogP contribution in [0.2, 0.25) is 0 Å². The van der Waals surface area contributed by atoms with Gasteiger partial charge < -0.3 is 15.4 Å². The molecule has 0 bridgehead atoms. The van der Waals surface area contributed by atoms with Crippen molar-refractivity contribution in [3.63, 3.8) is 0 Å². The first-order chi connectivity index (χ1) is 15.0. The molecule has 2 N–H and O–H groups in total. The van der Waals surface area contributed by atoms with Gasteiger partial charge in [-0.15, -0.1) is 11.8 Å². The Morgan fingerprint density at radius 1 is 0.806 bits per heavy atom. The number of hydrogen-bond acceptors (Lipinski definition) is 5. The van der Waals surface area contributed by atoms with Crippen molar-refractivity contribution in [3.05, 3.63) is 89.5 Å². The van der Waals surface area contributed by atoms with Gasteiger partial charge in [-0.3, -0.25) is 9.59 Å². The summed E-state index contributed by atoms with van der Waals surface area (Å²) in [5.74, 6) is -0.828. The molecular formula is C24H22N2O4S. The molecule has 0 saturated carbocycles. The molecule has 6 nitrogen and oxygen atoms in total. The lowest BCUT2D eigenvalue weighted by Gasteiger charge is -2.14. The van der Waals surface area contributed by atoms with E-state index in [1.54, 1.807) is 49.4 Å². The smallest absolute Gasteiger partial charge is 0.339 e. The van der Waals surface area contributed by atoms with Crippen molar-refractivity contribution in [2.45, 2.75) is 11.8 Å². The van der Waals surface area contributed by atoms with Gasteiger partial charge in [0, 0.05) is 16.1 Å². The fourth-order valence-electron chi connectivity index (χ4n) is 2.94. The Bertz CT molecular complexity index is 1100. The zero-order valence-corrected chi connectivity index (χ0v) is 18.0. The number of esters is 1. The number of carbonyl (C=O) groups is 3. The van der Waals surface area contributed by atoms with E-state index in [-0.39, 0.29) is 23.1 Å². The molecular weight excluding hydrogens is 412 g/mol. The molecule has 0 unspecified atom stereocenters.